The first-order valence-corrected chi connectivity index (χ1v) is 6.79. The Kier molecular flexibility index (Phi) is 5.79. The Hall–Kier alpha value is -1.27. The van der Waals surface area contributed by atoms with Crippen LogP contribution in [-0.2, 0) is 9.59 Å². The number of rotatable bonds is 7. The minimum Gasteiger partial charge on any atom is -0.480 e. The van der Waals surface area contributed by atoms with Crippen LogP contribution in [-0.4, -0.2) is 28.8 Å². The Balaban J connectivity index is 2.37. The van der Waals surface area contributed by atoms with Crippen LogP contribution < -0.4 is 5.32 Å². The standard InChI is InChI=1S/C11H13NO3S2/c1-2-4-8(11(14)15)12-9(13)7-17-10-5-3-6-16-10/h2-3,5-6,8H,1,4,7H2,(H,12,13)(H,14,15). The lowest BCUT2D eigenvalue weighted by atomic mass is 10.2. The molecule has 0 spiro atoms. The third-order valence-corrected chi connectivity index (χ3v) is 4.01. The number of carboxylic acids is 1. The van der Waals surface area contributed by atoms with Gasteiger partial charge in [-0.3, -0.25) is 4.79 Å². The molecule has 0 aliphatic carbocycles. The fourth-order valence-corrected chi connectivity index (χ4v) is 2.70. The van der Waals surface area contributed by atoms with E-state index < -0.39 is 12.0 Å². The van der Waals surface area contributed by atoms with Crippen LogP contribution in [0.1, 0.15) is 6.42 Å². The van der Waals surface area contributed by atoms with E-state index in [4.69, 9.17) is 5.11 Å². The van der Waals surface area contributed by atoms with Gasteiger partial charge in [-0.05, 0) is 17.9 Å². The van der Waals surface area contributed by atoms with Gasteiger partial charge in [0.05, 0.1) is 9.96 Å². The molecule has 17 heavy (non-hydrogen) atoms. The number of thiophene rings is 1. The van der Waals surface area contributed by atoms with Crippen LogP contribution in [0.4, 0.5) is 0 Å². The maximum atomic E-state index is 11.5. The average molecular weight is 271 g/mol. The number of amides is 1. The highest BCUT2D eigenvalue weighted by Gasteiger charge is 2.18. The maximum Gasteiger partial charge on any atom is 0.326 e. The molecule has 0 aliphatic rings. The summed E-state index contributed by atoms with van der Waals surface area (Å²) >= 11 is 2.95. The molecule has 4 nitrogen and oxygen atoms in total. The van der Waals surface area contributed by atoms with E-state index >= 15 is 0 Å². The van der Waals surface area contributed by atoms with Gasteiger partial charge in [0, 0.05) is 0 Å². The lowest BCUT2D eigenvalue weighted by Gasteiger charge is -2.11. The van der Waals surface area contributed by atoms with Gasteiger partial charge in [0.15, 0.2) is 0 Å². The molecule has 2 N–H and O–H groups in total. The molecule has 0 radical (unpaired) electrons. The largest absolute Gasteiger partial charge is 0.480 e. The summed E-state index contributed by atoms with van der Waals surface area (Å²) in [5.41, 5.74) is 0. The molecule has 0 bridgehead atoms. The van der Waals surface area contributed by atoms with Gasteiger partial charge in [0.2, 0.25) is 5.91 Å². The zero-order chi connectivity index (χ0) is 12.7. The van der Waals surface area contributed by atoms with Gasteiger partial charge in [0.1, 0.15) is 6.04 Å². The Morgan fingerprint density at radius 3 is 2.94 bits per heavy atom. The molecule has 0 aliphatic heterocycles. The van der Waals surface area contributed by atoms with Crippen molar-refractivity contribution in [3.63, 3.8) is 0 Å². The molecule has 0 fully saturated rings. The van der Waals surface area contributed by atoms with Crippen molar-refractivity contribution in [2.24, 2.45) is 0 Å². The summed E-state index contributed by atoms with van der Waals surface area (Å²) in [7, 11) is 0. The molecule has 1 unspecified atom stereocenters. The highest BCUT2D eigenvalue weighted by atomic mass is 32.2. The highest BCUT2D eigenvalue weighted by molar-refractivity contribution is 8.01. The van der Waals surface area contributed by atoms with E-state index in [1.54, 1.807) is 11.3 Å². The molecule has 1 rings (SSSR count). The number of aliphatic carboxylic acids is 1. The molecule has 0 saturated heterocycles. The second-order valence-corrected chi connectivity index (χ2v) is 5.43. The predicted octanol–water partition coefficient (Wildman–Crippen LogP) is 1.99. The molecule has 1 atom stereocenters. The first-order chi connectivity index (χ1) is 8.13. The highest BCUT2D eigenvalue weighted by Crippen LogP contribution is 2.22. The van der Waals surface area contributed by atoms with Crippen LogP contribution in [0.3, 0.4) is 0 Å². The SMILES string of the molecule is C=CCC(NC(=O)CSc1cccs1)C(=O)O. The van der Waals surface area contributed by atoms with Crippen LogP contribution in [0.5, 0.6) is 0 Å². The third kappa shape index (κ3) is 5.06. The van der Waals surface area contributed by atoms with Crippen molar-refractivity contribution in [2.45, 2.75) is 16.7 Å². The van der Waals surface area contributed by atoms with Crippen LogP contribution in [0.25, 0.3) is 0 Å². The van der Waals surface area contributed by atoms with E-state index in [1.165, 1.54) is 17.8 Å². The summed E-state index contributed by atoms with van der Waals surface area (Å²) in [5, 5.41) is 13.2. The Morgan fingerprint density at radius 2 is 2.41 bits per heavy atom. The Morgan fingerprint density at radius 1 is 1.65 bits per heavy atom. The fourth-order valence-electron chi connectivity index (χ4n) is 1.11. The van der Waals surface area contributed by atoms with Crippen molar-refractivity contribution in [3.8, 4) is 0 Å². The number of thioether (sulfide) groups is 1. The summed E-state index contributed by atoms with van der Waals surface area (Å²) in [4.78, 5) is 22.3. The zero-order valence-electron chi connectivity index (χ0n) is 9.09. The van der Waals surface area contributed by atoms with Gasteiger partial charge in [0.25, 0.3) is 0 Å². The smallest absolute Gasteiger partial charge is 0.326 e. The molecule has 1 amide bonds. The number of carbonyl (C=O) groups is 2. The van der Waals surface area contributed by atoms with Crippen molar-refractivity contribution in [1.82, 2.24) is 5.32 Å². The maximum absolute atomic E-state index is 11.5. The van der Waals surface area contributed by atoms with Crippen LogP contribution >= 0.6 is 23.1 Å². The van der Waals surface area contributed by atoms with Crippen molar-refractivity contribution in [2.75, 3.05) is 5.75 Å². The lowest BCUT2D eigenvalue weighted by Crippen LogP contribution is -2.41. The molecule has 6 heteroatoms. The summed E-state index contributed by atoms with van der Waals surface area (Å²) < 4.78 is 1.04. The molecular formula is C11H13NO3S2. The average Bonchev–Trinajstić information content (AvgIpc) is 2.78. The van der Waals surface area contributed by atoms with Gasteiger partial charge in [-0.2, -0.15) is 0 Å². The van der Waals surface area contributed by atoms with Gasteiger partial charge < -0.3 is 10.4 Å². The zero-order valence-corrected chi connectivity index (χ0v) is 10.7. The minimum absolute atomic E-state index is 0.224. The second kappa shape index (κ2) is 7.13. The van der Waals surface area contributed by atoms with Crippen molar-refractivity contribution < 1.29 is 14.7 Å². The quantitative estimate of drug-likeness (QED) is 0.588. The van der Waals surface area contributed by atoms with Gasteiger partial charge >= 0.3 is 5.97 Å². The number of hydrogen-bond acceptors (Lipinski definition) is 4. The first-order valence-electron chi connectivity index (χ1n) is 4.93. The third-order valence-electron chi connectivity index (χ3n) is 1.88. The summed E-state index contributed by atoms with van der Waals surface area (Å²) in [5.74, 6) is -1.10. The summed E-state index contributed by atoms with van der Waals surface area (Å²) in [6.45, 7) is 3.46. The van der Waals surface area contributed by atoms with Gasteiger partial charge in [-0.15, -0.1) is 29.7 Å². The van der Waals surface area contributed by atoms with Crippen LogP contribution in [0.15, 0.2) is 34.4 Å². The summed E-state index contributed by atoms with van der Waals surface area (Å²) in [6, 6.07) is 2.94. The first kappa shape index (κ1) is 13.8. The normalized spacial score (nSPS) is 11.8. The lowest BCUT2D eigenvalue weighted by molar-refractivity contribution is -0.141. The van der Waals surface area contributed by atoms with E-state index in [0.29, 0.717) is 0 Å². The fraction of sp³-hybridized carbons (Fsp3) is 0.273. The van der Waals surface area contributed by atoms with E-state index in [9.17, 15) is 9.59 Å². The van der Waals surface area contributed by atoms with Crippen LogP contribution in [0.2, 0.25) is 0 Å². The van der Waals surface area contributed by atoms with E-state index in [0.717, 1.165) is 4.21 Å². The Labute approximate surface area is 108 Å². The minimum atomic E-state index is -1.04. The molecular weight excluding hydrogens is 258 g/mol. The second-order valence-electron chi connectivity index (χ2n) is 3.20. The molecule has 0 saturated carbocycles. The van der Waals surface area contributed by atoms with E-state index in [-0.39, 0.29) is 18.1 Å². The molecule has 0 aromatic carbocycles. The van der Waals surface area contributed by atoms with Crippen molar-refractivity contribution in [3.05, 3.63) is 30.2 Å². The van der Waals surface area contributed by atoms with Crippen molar-refractivity contribution in [1.29, 1.82) is 0 Å². The molecule has 92 valence electrons. The molecule has 1 aromatic rings. The monoisotopic (exact) mass is 271 g/mol. The van der Waals surface area contributed by atoms with E-state index in [1.807, 2.05) is 17.5 Å². The van der Waals surface area contributed by atoms with Crippen LogP contribution in [0, 0.1) is 0 Å². The number of hydrogen-bond donors (Lipinski definition) is 2. The van der Waals surface area contributed by atoms with Crippen molar-refractivity contribution >= 4 is 35.0 Å². The number of carboxylic acid groups (broad SMARTS) is 1. The predicted molar refractivity (Wildman–Crippen MR) is 69.4 cm³/mol. The summed E-state index contributed by atoms with van der Waals surface area (Å²) in [6.07, 6.45) is 1.70. The topological polar surface area (TPSA) is 66.4 Å². The van der Waals surface area contributed by atoms with E-state index in [2.05, 4.69) is 11.9 Å². The molecule has 1 heterocycles. The Bertz CT molecular complexity index is 389. The van der Waals surface area contributed by atoms with Gasteiger partial charge in [-0.1, -0.05) is 12.1 Å². The number of carbonyl (C=O) groups excluding carboxylic acids is 1. The molecule has 1 aromatic heterocycles. The number of nitrogens with one attached hydrogen (secondary N) is 1. The van der Waals surface area contributed by atoms with Gasteiger partial charge in [-0.25, -0.2) is 4.79 Å².